The first-order valence-electron chi connectivity index (χ1n) is 29.2. The monoisotopic (exact) mass is 1250 g/mol. The van der Waals surface area contributed by atoms with Gasteiger partial charge in [0.05, 0.1) is 58.7 Å². The number of imidazole rings is 2. The first-order valence-corrected chi connectivity index (χ1v) is 30.4. The molecule has 0 spiro atoms. The Kier molecular flexibility index (Phi) is 21.0. The molecule has 2 saturated heterocycles. The third-order valence-corrected chi connectivity index (χ3v) is 17.5. The molecule has 6 heterocycles. The minimum atomic E-state index is -2.09. The molecule has 0 aliphatic carbocycles. The van der Waals surface area contributed by atoms with E-state index in [0.29, 0.717) is 22.6 Å². The van der Waals surface area contributed by atoms with Gasteiger partial charge in [-0.05, 0) is 68.7 Å². The third-order valence-electron chi connectivity index (χ3n) is 15.4. The second-order valence-electron chi connectivity index (χ2n) is 22.6. The lowest BCUT2D eigenvalue weighted by Gasteiger charge is -2.37. The number of carbonyl (C=O) groups is 3. The predicted octanol–water partition coefficient (Wildman–Crippen LogP) is 7.40. The van der Waals surface area contributed by atoms with Crippen molar-refractivity contribution in [1.29, 1.82) is 5.26 Å². The molecule has 2 aliphatic rings. The molecular weight excluding hydrogens is 1170 g/mol. The highest BCUT2D eigenvalue weighted by molar-refractivity contribution is 7.44. The SMILES string of the molecule is COc1ccc(C(OC[C@H]2O[C@@H](n3cnc4c(=O)[nH]c(NC(=O)C(C)C)nc43)[C@H](OC)[C@@H]2CC(=O)NC[C@H]2O[C@@H](n3cnc4c(=O)[nH]c(NC(=O)C(C)C)nc43)[C@H](F)[C@@H]2OP(OCCC#N)N(C(C)C)C(C)C)(c2ccccc2)c2ccc(OC)cc2)cc1. The minimum absolute atomic E-state index is 0.0192. The fourth-order valence-corrected chi connectivity index (χ4v) is 12.7. The average Bonchev–Trinajstić information content (AvgIpc) is 2.04. The predicted molar refractivity (Wildman–Crippen MR) is 326 cm³/mol. The number of alkyl halides is 1. The van der Waals surface area contributed by atoms with Crippen molar-refractivity contribution in [3.05, 3.63) is 129 Å². The number of amides is 3. The molecule has 1 unspecified atom stereocenters. The standard InChI is InChI=1S/C61H75FN13O13P/c1-33(2)53(77)69-59-67-51-47(55(79)71-59)65-31-73(51)57-46(62)50(88-89(85-27-15-26-63)75(35(5)6)36(7)8)43(86-57)29-64-45(76)28-42-44(87-58(49(42)83-11)74-32-66-48-52(74)68-60(72-56(48)80)70-54(78)34(3)4)30-84-61(37-16-13-12-14-17-37,38-18-22-40(81-9)23-19-38)39-20-24-41(82-10)25-21-39/h12-14,16-25,31-36,42-44,46,49-50,57-58H,15,27-30H2,1-11H3,(H,64,76)(H2,67,69,71,77,79)(H2,68,70,72,78,80)/t42-,43-,44-,46-,49-,50-,57-,58-,89?/m1/s1. The van der Waals surface area contributed by atoms with Crippen LogP contribution in [0.3, 0.4) is 0 Å². The van der Waals surface area contributed by atoms with Crippen molar-refractivity contribution in [1.82, 2.24) is 49.0 Å². The van der Waals surface area contributed by atoms with E-state index in [1.807, 2.05) is 111 Å². The summed E-state index contributed by atoms with van der Waals surface area (Å²) in [5.41, 5.74) is -0.787. The third kappa shape index (κ3) is 14.0. The number of ether oxygens (including phenoxy) is 6. The van der Waals surface area contributed by atoms with Gasteiger partial charge in [0.2, 0.25) is 29.6 Å². The summed E-state index contributed by atoms with van der Waals surface area (Å²) in [6.45, 7) is 13.9. The number of nitriles is 1. The van der Waals surface area contributed by atoms with Gasteiger partial charge in [-0.2, -0.15) is 15.2 Å². The molecule has 474 valence electrons. The number of aromatic amines is 2. The lowest BCUT2D eigenvalue weighted by molar-refractivity contribution is -0.125. The summed E-state index contributed by atoms with van der Waals surface area (Å²) in [6.07, 6.45) is -7.07. The number of aromatic nitrogens is 8. The maximum Gasteiger partial charge on any atom is 0.280 e. The lowest BCUT2D eigenvalue weighted by Crippen LogP contribution is -2.43. The van der Waals surface area contributed by atoms with E-state index >= 15 is 9.18 Å². The first-order chi connectivity index (χ1) is 42.7. The van der Waals surface area contributed by atoms with E-state index in [0.717, 1.165) is 5.56 Å². The van der Waals surface area contributed by atoms with Crippen LogP contribution < -0.4 is 36.5 Å². The number of hydrogen-bond donors (Lipinski definition) is 5. The largest absolute Gasteiger partial charge is 0.497 e. The number of hydrogen-bond acceptors (Lipinski definition) is 19. The van der Waals surface area contributed by atoms with Gasteiger partial charge in [0.15, 0.2) is 41.0 Å². The van der Waals surface area contributed by atoms with Crippen LogP contribution >= 0.6 is 8.53 Å². The highest BCUT2D eigenvalue weighted by Crippen LogP contribution is 2.51. The van der Waals surface area contributed by atoms with E-state index in [1.54, 1.807) is 41.9 Å². The van der Waals surface area contributed by atoms with Gasteiger partial charge in [-0.3, -0.25) is 53.7 Å². The smallest absolute Gasteiger partial charge is 0.280 e. The van der Waals surface area contributed by atoms with E-state index < -0.39 is 104 Å². The molecule has 26 nitrogen and oxygen atoms in total. The number of nitrogens with one attached hydrogen (secondary N) is 5. The number of halogens is 1. The summed E-state index contributed by atoms with van der Waals surface area (Å²) < 4.78 is 73.8. The molecule has 4 aromatic heterocycles. The van der Waals surface area contributed by atoms with Crippen molar-refractivity contribution in [2.45, 2.75) is 129 Å². The normalized spacial score (nSPS) is 20.7. The van der Waals surface area contributed by atoms with E-state index in [4.69, 9.17) is 37.5 Å². The molecule has 28 heteroatoms. The van der Waals surface area contributed by atoms with E-state index in [9.17, 15) is 24.4 Å². The first kappa shape index (κ1) is 65.4. The zero-order valence-corrected chi connectivity index (χ0v) is 52.2. The van der Waals surface area contributed by atoms with Crippen molar-refractivity contribution >= 4 is 60.5 Å². The van der Waals surface area contributed by atoms with Crippen LogP contribution in [0, 0.1) is 29.1 Å². The van der Waals surface area contributed by atoms with Gasteiger partial charge in [-0.25, -0.2) is 19.0 Å². The number of nitrogens with zero attached hydrogens (tertiary/aromatic N) is 8. The number of H-pyrrole nitrogens is 2. The molecule has 9 atom stereocenters. The maximum atomic E-state index is 17.8. The van der Waals surface area contributed by atoms with Crippen LogP contribution in [0.25, 0.3) is 22.3 Å². The van der Waals surface area contributed by atoms with Gasteiger partial charge in [0.1, 0.15) is 35.4 Å². The summed E-state index contributed by atoms with van der Waals surface area (Å²) in [7, 11) is 2.52. The Balaban J connectivity index is 1.09. The van der Waals surface area contributed by atoms with Crippen LogP contribution in [-0.4, -0.2) is 145 Å². The highest BCUT2D eigenvalue weighted by atomic mass is 31.2. The second kappa shape index (κ2) is 28.6. The van der Waals surface area contributed by atoms with Crippen LogP contribution in [0.4, 0.5) is 16.3 Å². The molecule has 9 rings (SSSR count). The second-order valence-corrected chi connectivity index (χ2v) is 24.1. The molecule has 89 heavy (non-hydrogen) atoms. The Morgan fingerprint density at radius 3 is 1.72 bits per heavy atom. The molecule has 7 aromatic rings. The Bertz CT molecular complexity index is 3690. The van der Waals surface area contributed by atoms with Gasteiger partial charge in [-0.1, -0.05) is 82.3 Å². The number of methoxy groups -OCH3 is 3. The van der Waals surface area contributed by atoms with Gasteiger partial charge < -0.3 is 42.8 Å². The Morgan fingerprint density at radius 1 is 0.730 bits per heavy atom. The lowest BCUT2D eigenvalue weighted by atomic mass is 9.79. The molecule has 0 bridgehead atoms. The summed E-state index contributed by atoms with van der Waals surface area (Å²) in [5, 5.41) is 17.7. The quantitative estimate of drug-likeness (QED) is 0.0190. The molecule has 3 amide bonds. The van der Waals surface area contributed by atoms with E-state index in [2.05, 4.69) is 51.9 Å². The maximum absolute atomic E-state index is 17.8. The fourth-order valence-electron chi connectivity index (χ4n) is 11.0. The van der Waals surface area contributed by atoms with Gasteiger partial charge in [-0.15, -0.1) is 0 Å². The fraction of sp³-hybridized carbons (Fsp3) is 0.475. The van der Waals surface area contributed by atoms with E-state index in [-0.39, 0.29) is 78.9 Å². The summed E-state index contributed by atoms with van der Waals surface area (Å²) >= 11 is 0. The molecule has 3 aromatic carbocycles. The zero-order chi connectivity index (χ0) is 63.8. The number of anilines is 2. The highest BCUT2D eigenvalue weighted by Gasteiger charge is 2.52. The number of rotatable bonds is 27. The van der Waals surface area contributed by atoms with Gasteiger partial charge in [0.25, 0.3) is 19.6 Å². The molecular formula is C61H75FN13O13P. The van der Waals surface area contributed by atoms with Crippen LogP contribution in [0.1, 0.15) is 97.4 Å². The van der Waals surface area contributed by atoms with Gasteiger partial charge in [0, 0.05) is 49.9 Å². The molecule has 2 aliphatic heterocycles. The van der Waals surface area contributed by atoms with Crippen molar-refractivity contribution in [2.24, 2.45) is 17.8 Å². The van der Waals surface area contributed by atoms with Crippen molar-refractivity contribution in [3.63, 3.8) is 0 Å². The Labute approximate surface area is 514 Å². The zero-order valence-electron chi connectivity index (χ0n) is 51.3. The molecule has 5 N–H and O–H groups in total. The average molecular weight is 1250 g/mol. The summed E-state index contributed by atoms with van der Waals surface area (Å²) in [4.78, 5) is 90.4. The summed E-state index contributed by atoms with van der Waals surface area (Å²) in [5.74, 6) is -2.27. The molecule has 0 saturated carbocycles. The van der Waals surface area contributed by atoms with Crippen LogP contribution in [0.15, 0.2) is 101 Å². The van der Waals surface area contributed by atoms with Crippen LogP contribution in [0.5, 0.6) is 11.5 Å². The van der Waals surface area contributed by atoms with Crippen molar-refractivity contribution in [2.75, 3.05) is 51.7 Å². The number of carbonyl (C=O) groups excluding carboxylic acids is 3. The minimum Gasteiger partial charge on any atom is -0.497 e. The Morgan fingerprint density at radius 2 is 1.24 bits per heavy atom. The summed E-state index contributed by atoms with van der Waals surface area (Å²) in [6, 6.07) is 26.3. The van der Waals surface area contributed by atoms with Crippen molar-refractivity contribution < 1.29 is 56.2 Å². The Hall–Kier alpha value is -8.06. The number of benzene rings is 3. The van der Waals surface area contributed by atoms with Crippen LogP contribution in [-0.2, 0) is 48.0 Å². The van der Waals surface area contributed by atoms with Crippen molar-refractivity contribution in [3.8, 4) is 17.6 Å². The van der Waals surface area contributed by atoms with Gasteiger partial charge >= 0.3 is 0 Å². The number of fused-ring (bicyclic) bond motifs is 2. The topological polar surface area (TPSA) is 315 Å². The molecule has 0 radical (unpaired) electrons. The molecule has 2 fully saturated rings. The van der Waals surface area contributed by atoms with E-state index in [1.165, 1.54) is 28.9 Å². The van der Waals surface area contributed by atoms with Crippen LogP contribution in [0.2, 0.25) is 0 Å².